The molecule has 4 aromatic rings. The van der Waals surface area contributed by atoms with Gasteiger partial charge in [0.1, 0.15) is 5.75 Å². The number of benzene rings is 3. The van der Waals surface area contributed by atoms with Crippen LogP contribution in [0.25, 0.3) is 32.0 Å². The minimum atomic E-state index is -0.276. The number of aryl methyl sites for hydroxylation is 3. The quantitative estimate of drug-likeness (QED) is 0.272. The number of esters is 1. The SMILES string of the molecule is CCCc1cc(-c2c3ccccc3cc3sc(C)c(C)c23)ccc1OC(C)=O. The third-order valence-electron chi connectivity index (χ3n) is 5.30. The summed E-state index contributed by atoms with van der Waals surface area (Å²) in [6.45, 7) is 8.01. The van der Waals surface area contributed by atoms with E-state index in [4.69, 9.17) is 4.74 Å². The van der Waals surface area contributed by atoms with E-state index in [1.54, 1.807) is 0 Å². The Balaban J connectivity index is 2.04. The molecule has 28 heavy (non-hydrogen) atoms. The van der Waals surface area contributed by atoms with Gasteiger partial charge in [-0.25, -0.2) is 0 Å². The second-order valence-electron chi connectivity index (χ2n) is 7.30. The number of rotatable bonds is 4. The smallest absolute Gasteiger partial charge is 0.308 e. The number of carbonyl (C=O) groups is 1. The first kappa shape index (κ1) is 18.7. The second-order valence-corrected chi connectivity index (χ2v) is 8.55. The third kappa shape index (κ3) is 3.20. The fourth-order valence-electron chi connectivity index (χ4n) is 3.95. The summed E-state index contributed by atoms with van der Waals surface area (Å²) in [5.74, 6) is 0.398. The highest BCUT2D eigenvalue weighted by Gasteiger charge is 2.17. The molecule has 0 radical (unpaired) electrons. The van der Waals surface area contributed by atoms with E-state index in [2.05, 4.69) is 63.2 Å². The first-order chi connectivity index (χ1) is 13.5. The van der Waals surface area contributed by atoms with Crippen LogP contribution in [0.3, 0.4) is 0 Å². The molecular weight excluding hydrogens is 364 g/mol. The van der Waals surface area contributed by atoms with Gasteiger partial charge in [-0.05, 0) is 71.5 Å². The van der Waals surface area contributed by atoms with Gasteiger partial charge in [0.2, 0.25) is 0 Å². The summed E-state index contributed by atoms with van der Waals surface area (Å²) in [5.41, 5.74) is 4.89. The second kappa shape index (κ2) is 7.40. The molecule has 0 saturated carbocycles. The molecule has 0 N–H and O–H groups in total. The lowest BCUT2D eigenvalue weighted by atomic mass is 9.91. The molecule has 0 unspecified atom stereocenters. The summed E-state index contributed by atoms with van der Waals surface area (Å²) >= 11 is 1.86. The van der Waals surface area contributed by atoms with E-state index in [0.717, 1.165) is 18.4 Å². The fraction of sp³-hybridized carbons (Fsp3) is 0.240. The van der Waals surface area contributed by atoms with Crippen molar-refractivity contribution < 1.29 is 9.53 Å². The van der Waals surface area contributed by atoms with Crippen molar-refractivity contribution >= 4 is 38.2 Å². The number of fused-ring (bicyclic) bond motifs is 2. The van der Waals surface area contributed by atoms with Crippen molar-refractivity contribution in [2.75, 3.05) is 0 Å². The molecule has 1 aromatic heterocycles. The minimum Gasteiger partial charge on any atom is -0.426 e. The van der Waals surface area contributed by atoms with Crippen molar-refractivity contribution in [3.05, 3.63) is 64.5 Å². The minimum absolute atomic E-state index is 0.276. The van der Waals surface area contributed by atoms with Gasteiger partial charge in [0, 0.05) is 21.9 Å². The molecule has 3 aromatic carbocycles. The average Bonchev–Trinajstić information content (AvgIpc) is 2.95. The Morgan fingerprint density at radius 1 is 1.07 bits per heavy atom. The summed E-state index contributed by atoms with van der Waals surface area (Å²) in [4.78, 5) is 12.9. The van der Waals surface area contributed by atoms with Crippen molar-refractivity contribution in [2.24, 2.45) is 0 Å². The van der Waals surface area contributed by atoms with Crippen molar-refractivity contribution in [1.29, 1.82) is 0 Å². The Hall–Kier alpha value is -2.65. The molecule has 0 bridgehead atoms. The molecule has 0 aliphatic carbocycles. The van der Waals surface area contributed by atoms with E-state index in [0.29, 0.717) is 5.75 Å². The molecule has 0 aliphatic rings. The van der Waals surface area contributed by atoms with E-state index in [1.807, 2.05) is 17.4 Å². The third-order valence-corrected chi connectivity index (χ3v) is 6.46. The van der Waals surface area contributed by atoms with Gasteiger partial charge in [-0.2, -0.15) is 0 Å². The Labute approximate surface area is 169 Å². The molecule has 0 fully saturated rings. The normalized spacial score (nSPS) is 11.3. The zero-order chi connectivity index (χ0) is 19.8. The van der Waals surface area contributed by atoms with Gasteiger partial charge in [-0.1, -0.05) is 43.7 Å². The lowest BCUT2D eigenvalue weighted by Crippen LogP contribution is -2.04. The molecule has 3 heteroatoms. The predicted molar refractivity (Wildman–Crippen MR) is 120 cm³/mol. The van der Waals surface area contributed by atoms with E-state index in [9.17, 15) is 4.79 Å². The number of thiophene rings is 1. The number of hydrogen-bond donors (Lipinski definition) is 0. The Bertz CT molecular complexity index is 1200. The molecule has 0 amide bonds. The van der Waals surface area contributed by atoms with Crippen molar-refractivity contribution in [2.45, 2.75) is 40.5 Å². The van der Waals surface area contributed by atoms with Crippen molar-refractivity contribution in [1.82, 2.24) is 0 Å². The molecule has 1 heterocycles. The zero-order valence-electron chi connectivity index (χ0n) is 16.8. The van der Waals surface area contributed by atoms with E-state index in [-0.39, 0.29) is 5.97 Å². The molecular formula is C25H24O2S. The molecule has 0 spiro atoms. The van der Waals surface area contributed by atoms with Crippen LogP contribution in [0.1, 0.15) is 36.3 Å². The topological polar surface area (TPSA) is 26.3 Å². The van der Waals surface area contributed by atoms with Crippen LogP contribution in [0.5, 0.6) is 5.75 Å². The summed E-state index contributed by atoms with van der Waals surface area (Å²) in [6.07, 6.45) is 1.88. The van der Waals surface area contributed by atoms with Crippen LogP contribution in [0.2, 0.25) is 0 Å². The van der Waals surface area contributed by atoms with Gasteiger partial charge >= 0.3 is 5.97 Å². The van der Waals surface area contributed by atoms with Crippen molar-refractivity contribution in [3.8, 4) is 16.9 Å². The maximum absolute atomic E-state index is 11.5. The van der Waals surface area contributed by atoms with Crippen molar-refractivity contribution in [3.63, 3.8) is 0 Å². The Morgan fingerprint density at radius 3 is 2.61 bits per heavy atom. The standard InChI is InChI=1S/C25H24O2S/c1-5-8-19-13-20(11-12-22(19)27-17(4)26)25-21-10-7-6-9-18(21)14-23-24(25)15(2)16(3)28-23/h6-7,9-14H,5,8H2,1-4H3. The van der Waals surface area contributed by atoms with Gasteiger partial charge in [-0.15, -0.1) is 11.3 Å². The lowest BCUT2D eigenvalue weighted by molar-refractivity contribution is -0.131. The maximum atomic E-state index is 11.5. The lowest BCUT2D eigenvalue weighted by Gasteiger charge is -2.14. The van der Waals surface area contributed by atoms with E-state index >= 15 is 0 Å². The number of carbonyl (C=O) groups excluding carboxylic acids is 1. The zero-order valence-corrected chi connectivity index (χ0v) is 17.6. The summed E-state index contributed by atoms with van der Waals surface area (Å²) < 4.78 is 6.78. The highest BCUT2D eigenvalue weighted by Crippen LogP contribution is 2.43. The van der Waals surface area contributed by atoms with Crippen LogP contribution in [-0.2, 0) is 11.2 Å². The van der Waals surface area contributed by atoms with Crippen LogP contribution in [-0.4, -0.2) is 5.97 Å². The van der Waals surface area contributed by atoms with E-state index in [1.165, 1.54) is 49.3 Å². The van der Waals surface area contributed by atoms with Gasteiger partial charge in [-0.3, -0.25) is 4.79 Å². The van der Waals surface area contributed by atoms with Gasteiger partial charge in [0.05, 0.1) is 0 Å². The predicted octanol–water partition coefficient (Wildman–Crippen LogP) is 7.22. The largest absolute Gasteiger partial charge is 0.426 e. The first-order valence-corrected chi connectivity index (χ1v) is 10.5. The van der Waals surface area contributed by atoms with Crippen LogP contribution in [0.4, 0.5) is 0 Å². The average molecular weight is 389 g/mol. The summed E-state index contributed by atoms with van der Waals surface area (Å²) in [7, 11) is 0. The summed E-state index contributed by atoms with van der Waals surface area (Å²) in [6, 6.07) is 17.1. The Morgan fingerprint density at radius 2 is 1.86 bits per heavy atom. The molecule has 0 saturated heterocycles. The fourth-order valence-corrected chi connectivity index (χ4v) is 5.07. The molecule has 0 atom stereocenters. The van der Waals surface area contributed by atoms with Crippen LogP contribution in [0, 0.1) is 13.8 Å². The van der Waals surface area contributed by atoms with E-state index < -0.39 is 0 Å². The summed E-state index contributed by atoms with van der Waals surface area (Å²) in [5, 5.41) is 3.86. The Kier molecular flexibility index (Phi) is 4.94. The maximum Gasteiger partial charge on any atom is 0.308 e. The van der Waals surface area contributed by atoms with Gasteiger partial charge in [0.25, 0.3) is 0 Å². The van der Waals surface area contributed by atoms with Crippen LogP contribution >= 0.6 is 11.3 Å². The monoisotopic (exact) mass is 388 g/mol. The molecule has 2 nitrogen and oxygen atoms in total. The molecule has 0 aliphatic heterocycles. The molecule has 142 valence electrons. The highest BCUT2D eigenvalue weighted by atomic mass is 32.1. The molecule has 4 rings (SSSR count). The number of ether oxygens (including phenoxy) is 1. The van der Waals surface area contributed by atoms with Gasteiger partial charge < -0.3 is 4.74 Å². The van der Waals surface area contributed by atoms with Crippen LogP contribution in [0.15, 0.2) is 48.5 Å². The number of hydrogen-bond acceptors (Lipinski definition) is 3. The van der Waals surface area contributed by atoms with Gasteiger partial charge in [0.15, 0.2) is 0 Å². The first-order valence-electron chi connectivity index (χ1n) is 9.72. The van der Waals surface area contributed by atoms with Crippen LogP contribution < -0.4 is 4.74 Å². The highest BCUT2D eigenvalue weighted by molar-refractivity contribution is 7.19.